The van der Waals surface area contributed by atoms with E-state index in [2.05, 4.69) is 105 Å². The Morgan fingerprint density at radius 2 is 0.945 bits per heavy atom. The van der Waals surface area contributed by atoms with Gasteiger partial charge in [0.1, 0.15) is 13.5 Å². The predicted molar refractivity (Wildman–Crippen MR) is 400 cm³/mol. The minimum atomic E-state index is -1.42. The summed E-state index contributed by atoms with van der Waals surface area (Å²) >= 11 is 3.33. The second-order valence-electron chi connectivity index (χ2n) is 22.0. The van der Waals surface area contributed by atoms with E-state index >= 15 is 0 Å². The normalized spacial score (nSPS) is 12.2. The molecule has 2 aliphatic heterocycles. The number of ether oxygens (including phenoxy) is 4. The molecular weight excluding hydrogens is 1470 g/mol. The van der Waals surface area contributed by atoms with Gasteiger partial charge < -0.3 is 101 Å². The highest BCUT2D eigenvalue weighted by atomic mass is 32.1. The number of nitrogens with one attached hydrogen (secondary N) is 7. The zero-order valence-corrected chi connectivity index (χ0v) is 61.6. The monoisotopic (exact) mass is 1570 g/mol. The van der Waals surface area contributed by atoms with Gasteiger partial charge in [-0.25, -0.2) is 39.1 Å². The second kappa shape index (κ2) is 57.5. The number of imide groups is 2. The van der Waals surface area contributed by atoms with Crippen molar-refractivity contribution in [2.75, 3.05) is 94.7 Å². The van der Waals surface area contributed by atoms with Crippen molar-refractivity contribution in [1.82, 2.24) is 66.8 Å². The molecule has 0 spiro atoms. The van der Waals surface area contributed by atoms with E-state index in [0.29, 0.717) is 54.1 Å². The van der Waals surface area contributed by atoms with Gasteiger partial charge in [-0.1, -0.05) is 20.3 Å². The Kier molecular flexibility index (Phi) is 50.4. The number of fused-ring (bicyclic) bond motifs is 2. The van der Waals surface area contributed by atoms with Gasteiger partial charge in [-0.15, -0.1) is 17.9 Å². The summed E-state index contributed by atoms with van der Waals surface area (Å²) in [5.41, 5.74) is 32.6. The summed E-state index contributed by atoms with van der Waals surface area (Å²) in [6.07, 6.45) is 12.7. The molecule has 4 aromatic heterocycles. The third kappa shape index (κ3) is 39.3. The van der Waals surface area contributed by atoms with Crippen molar-refractivity contribution in [3.05, 3.63) is 104 Å². The second-order valence-corrected chi connectivity index (χ2v) is 22.0. The molecule has 2 saturated heterocycles. The lowest BCUT2D eigenvalue weighted by atomic mass is 10.1. The number of nitrogens with zero attached hydrogens (tertiary/aromatic N) is 8. The van der Waals surface area contributed by atoms with Crippen molar-refractivity contribution >= 4 is 117 Å². The van der Waals surface area contributed by atoms with Crippen LogP contribution in [0.3, 0.4) is 0 Å². The Bertz CT molecular complexity index is 3980. The number of benzene rings is 2. The molecule has 0 radical (unpaired) electrons. The third-order valence-electron chi connectivity index (χ3n) is 13.6. The van der Waals surface area contributed by atoms with Crippen LogP contribution in [0.25, 0.3) is 22.3 Å². The number of rotatable bonds is 36. The van der Waals surface area contributed by atoms with E-state index < -0.39 is 88.9 Å². The number of nitrogen functional groups attached to an aromatic ring is 2. The zero-order chi connectivity index (χ0) is 82.3. The number of unbranched alkanes of at least 4 members (excludes halogenated alkanes) is 1. The molecule has 6 amide bonds. The first kappa shape index (κ1) is 96.4. The number of H-pyrrole nitrogens is 2. The van der Waals surface area contributed by atoms with Crippen LogP contribution in [-0.4, -0.2) is 215 Å². The van der Waals surface area contributed by atoms with Crippen molar-refractivity contribution in [2.24, 2.45) is 22.9 Å². The molecule has 2 aromatic carbocycles. The number of hydrogen-bond acceptors (Lipinski definition) is 35. The summed E-state index contributed by atoms with van der Waals surface area (Å²) in [5, 5.41) is 46.9. The van der Waals surface area contributed by atoms with E-state index in [9.17, 15) is 62.6 Å². The van der Waals surface area contributed by atoms with Gasteiger partial charge in [0.05, 0.1) is 69.7 Å². The van der Waals surface area contributed by atoms with Crippen molar-refractivity contribution in [1.29, 1.82) is 4.78 Å². The number of amides is 6. The molecule has 2 fully saturated rings. The lowest BCUT2D eigenvalue weighted by molar-refractivity contribution is -0.197. The van der Waals surface area contributed by atoms with Crippen LogP contribution in [0.4, 0.5) is 23.3 Å². The Morgan fingerprint density at radius 3 is 1.28 bits per heavy atom. The van der Waals surface area contributed by atoms with Gasteiger partial charge in [0.15, 0.2) is 22.3 Å². The molecule has 44 heteroatoms. The van der Waals surface area contributed by atoms with Gasteiger partial charge >= 0.3 is 23.9 Å². The van der Waals surface area contributed by atoms with Crippen molar-refractivity contribution < 1.29 is 93.6 Å². The number of hydrogen-bond donors (Lipinski definition) is 18. The van der Waals surface area contributed by atoms with Crippen molar-refractivity contribution in [3.63, 3.8) is 0 Å². The SMILES string of the molecule is CCCCOCCOCCC.N.N=S.NCCCOCCOCCCN.NCN.Nc1nc2ncc(CNc3ccc(C(=O)NC(CCC(=O)O)C(=O)O)cc3)nc2c(=O)[nH]1.Nc1nc2ncc(CNc3ccc(C(=O)NC(CCC(=O)ON4C(=O)CCC4=O)C(=O)O)cc3)nc2c(=O)[nH]1.O=C1CCC(=O)N1O.[2H]C#C. The fourth-order valence-electron chi connectivity index (χ4n) is 8.28. The standard InChI is InChI=1S/C23H22N8O8.C19H19N7O6.C9H20O2.C8H20N2O2.C4H5NO3.C2H2.CH6N2.HNS.H3N/c24-23-29-19-18(21(36)30-23)27-13(10-26-19)9-25-12-3-1-11(2-4-12)20(35)28-14(22(37)38)5-8-17(34)39-31-15(32)6-7-16(31)33;20-19-25-15-14(17(30)26-19)23-11(8-22-15)7-21-10-3-1-9(2-4-10)16(29)24-12(18(31)32)5-6-13(27)28;1-3-5-7-11-9-8-10-6-4-2;9-3-1-5-11-7-8-12-6-2-4-10;6-3-1-2-4(7)5(3)8;1-2;2-1-3;1-2;/h1-4,10,14,25H,5-9H2,(H,28,35)(H,37,38)(H3,24,26,29,30,36);1-4,8,12,21H,5-7H2,(H,24,29)(H,27,28)(H,31,32)(H3,20,22,25,26,30);3-9H2,1-2H3;1-10H2;8H,1-2H2;1-2H;1-3H2;1H;1H3/i;;;;;1D;;;. The zero-order valence-electron chi connectivity index (χ0n) is 61.8. The minimum Gasteiger partial charge on any atom is -0.481 e. The van der Waals surface area contributed by atoms with Crippen molar-refractivity contribution in [3.8, 4) is 12.8 Å². The molecule has 2 atom stereocenters. The first-order valence-corrected chi connectivity index (χ1v) is 33.9. The molecule has 26 N–H and O–H groups in total. The summed E-state index contributed by atoms with van der Waals surface area (Å²) in [7, 11) is 0. The number of aromatic amines is 2. The van der Waals surface area contributed by atoms with Gasteiger partial charge in [-0.3, -0.25) is 58.3 Å². The maximum Gasteiger partial charge on any atom is 0.333 e. The van der Waals surface area contributed by atoms with E-state index in [1.165, 1.54) is 49.5 Å². The summed E-state index contributed by atoms with van der Waals surface area (Å²) in [6, 6.07) is 9.51. The molecule has 2 aliphatic rings. The number of carboxylic acids is 3. The Morgan fingerprint density at radius 1 is 0.582 bits per heavy atom. The molecular formula is C66H98N22O21S. The molecule has 8 rings (SSSR count). The molecule has 0 aliphatic carbocycles. The fourth-order valence-corrected chi connectivity index (χ4v) is 8.28. The van der Waals surface area contributed by atoms with Crippen LogP contribution in [0.1, 0.15) is 131 Å². The van der Waals surface area contributed by atoms with Gasteiger partial charge in [-0.2, -0.15) is 15.0 Å². The van der Waals surface area contributed by atoms with Gasteiger partial charge in [-0.05, 0) is 100 Å². The number of carbonyl (C=O) groups excluding carboxylic acids is 7. The number of carboxylic acid groups (broad SMARTS) is 3. The average Bonchev–Trinajstić information content (AvgIpc) is 1.59. The van der Waals surface area contributed by atoms with Crippen LogP contribution < -0.4 is 72.9 Å². The van der Waals surface area contributed by atoms with Crippen molar-refractivity contribution in [2.45, 2.75) is 122 Å². The fraction of sp³-hybridized carbons (Fsp3) is 0.455. The number of aliphatic carboxylic acids is 3. The molecule has 6 aromatic rings. The summed E-state index contributed by atoms with van der Waals surface area (Å²) < 4.78 is 32.0. The Hall–Kier alpha value is -11.6. The molecule has 110 heavy (non-hydrogen) atoms. The number of hydroxylamine groups is 4. The summed E-state index contributed by atoms with van der Waals surface area (Å²) in [6.45, 7) is 12.3. The molecule has 0 bridgehead atoms. The summed E-state index contributed by atoms with van der Waals surface area (Å²) in [4.78, 5) is 171. The number of nitrogens with two attached hydrogens (primary N) is 6. The molecule has 6 heterocycles. The molecule has 2 unspecified atom stereocenters. The number of aromatic nitrogens is 8. The van der Waals surface area contributed by atoms with E-state index in [1.807, 2.05) is 0 Å². The number of terminal acetylenes is 1. The lowest BCUT2D eigenvalue weighted by Gasteiger charge is -2.16. The summed E-state index contributed by atoms with van der Waals surface area (Å²) in [5.74, 6) is -8.59. The highest BCUT2D eigenvalue weighted by molar-refractivity contribution is 7.45. The van der Waals surface area contributed by atoms with Gasteiger partial charge in [0, 0.05) is 100 Å². The largest absolute Gasteiger partial charge is 0.481 e. The Balaban J connectivity index is 0.00000148. The maximum absolute atomic E-state index is 12.6. The topological polar surface area (TPSA) is 710 Å². The maximum atomic E-state index is 12.6. The minimum absolute atomic E-state index is 0. The van der Waals surface area contributed by atoms with E-state index in [-0.39, 0.29) is 121 Å². The number of anilines is 4. The van der Waals surface area contributed by atoms with Crippen LogP contribution >= 0.6 is 0 Å². The van der Waals surface area contributed by atoms with E-state index in [0.717, 1.165) is 65.3 Å². The van der Waals surface area contributed by atoms with E-state index in [1.54, 1.807) is 24.3 Å². The first-order chi connectivity index (χ1) is 52.7. The van der Waals surface area contributed by atoms with Crippen LogP contribution in [-0.2, 0) is 87.7 Å². The van der Waals surface area contributed by atoms with Gasteiger partial charge in [0.2, 0.25) is 11.9 Å². The van der Waals surface area contributed by atoms with E-state index in [4.69, 9.17) is 68.3 Å². The Labute approximate surface area is 637 Å². The first-order valence-electron chi connectivity index (χ1n) is 34.0. The van der Waals surface area contributed by atoms with Crippen LogP contribution in [0, 0.1) is 17.6 Å². The van der Waals surface area contributed by atoms with Crippen LogP contribution in [0.15, 0.2) is 70.5 Å². The highest BCUT2D eigenvalue weighted by Gasteiger charge is 2.33. The van der Waals surface area contributed by atoms with Gasteiger partial charge in [0.25, 0.3) is 46.6 Å². The number of carbonyl (C=O) groups is 10. The smallest absolute Gasteiger partial charge is 0.333 e. The average molecular weight is 1570 g/mol. The quantitative estimate of drug-likeness (QED) is 0.00836. The highest BCUT2D eigenvalue weighted by Crippen LogP contribution is 2.17. The lowest BCUT2D eigenvalue weighted by Crippen LogP contribution is -2.41. The molecule has 604 valence electrons. The van der Waals surface area contributed by atoms with Crippen LogP contribution in [0.5, 0.6) is 0 Å². The predicted octanol–water partition coefficient (Wildman–Crippen LogP) is 0.473. The third-order valence-corrected chi connectivity index (χ3v) is 13.6. The molecule has 0 saturated carbocycles. The molecule has 43 nitrogen and oxygen atoms in total. The van der Waals surface area contributed by atoms with Crippen LogP contribution in [0.2, 0.25) is 0 Å².